The first-order valence-electron chi connectivity index (χ1n) is 3.72. The predicted octanol–water partition coefficient (Wildman–Crippen LogP) is 3.51. The van der Waals surface area contributed by atoms with Crippen LogP contribution >= 0.6 is 31.9 Å². The zero-order valence-corrected chi connectivity index (χ0v) is 10.1. The van der Waals surface area contributed by atoms with Crippen molar-refractivity contribution in [3.8, 4) is 0 Å². The second-order valence-corrected chi connectivity index (χ2v) is 4.35. The molecule has 3 heteroatoms. The van der Waals surface area contributed by atoms with Crippen molar-refractivity contribution in [2.75, 3.05) is 0 Å². The lowest BCUT2D eigenvalue weighted by atomic mass is 10.1. The highest BCUT2D eigenvalue weighted by molar-refractivity contribution is 9.11. The smallest absolute Gasteiger partial charge is 0.159 e. The van der Waals surface area contributed by atoms with Crippen molar-refractivity contribution < 1.29 is 4.79 Å². The van der Waals surface area contributed by atoms with Crippen LogP contribution in [0.5, 0.6) is 0 Å². The summed E-state index contributed by atoms with van der Waals surface area (Å²) in [5, 5.41) is 0. The molecule has 0 amide bonds. The molecule has 0 radical (unpaired) electrons. The van der Waals surface area contributed by atoms with E-state index >= 15 is 0 Å². The molecule has 0 aromatic heterocycles. The van der Waals surface area contributed by atoms with Gasteiger partial charge in [-0.3, -0.25) is 4.79 Å². The summed E-state index contributed by atoms with van der Waals surface area (Å²) in [6, 6.07) is 5.75. The van der Waals surface area contributed by atoms with Crippen molar-refractivity contribution in [1.29, 1.82) is 0 Å². The summed E-state index contributed by atoms with van der Waals surface area (Å²) in [7, 11) is 0. The number of carbonyl (C=O) groups is 1. The van der Waals surface area contributed by atoms with Crippen LogP contribution in [-0.4, -0.2) is 5.78 Å². The molecule has 0 spiro atoms. The molecule has 0 atom stereocenters. The van der Waals surface area contributed by atoms with Gasteiger partial charge in [0.25, 0.3) is 0 Å². The first-order chi connectivity index (χ1) is 6.13. The maximum absolute atomic E-state index is 11.1. The molecule has 0 N–H and O–H groups in total. The minimum Gasteiger partial charge on any atom is -0.295 e. The lowest BCUT2D eigenvalue weighted by Gasteiger charge is -2.01. The summed E-state index contributed by atoms with van der Waals surface area (Å²) in [6.07, 6.45) is 1.74. The summed E-state index contributed by atoms with van der Waals surface area (Å²) >= 11 is 6.73. The van der Waals surface area contributed by atoms with E-state index in [-0.39, 0.29) is 5.78 Å². The highest BCUT2D eigenvalue weighted by atomic mass is 79.9. The zero-order chi connectivity index (χ0) is 9.84. The van der Waals surface area contributed by atoms with Gasteiger partial charge in [0.2, 0.25) is 0 Å². The van der Waals surface area contributed by atoms with Gasteiger partial charge in [-0.1, -0.05) is 44.5 Å². The fourth-order valence-electron chi connectivity index (χ4n) is 0.925. The second-order valence-electron chi connectivity index (χ2n) is 2.58. The Hall–Kier alpha value is -0.410. The third-order valence-corrected chi connectivity index (χ3v) is 2.84. The highest BCUT2D eigenvalue weighted by Gasteiger charge is 2.03. The number of carbonyl (C=O) groups excluding carboxylic acids is 1. The number of halogens is 2. The Bertz CT molecular complexity index is 345. The van der Waals surface area contributed by atoms with Crippen molar-refractivity contribution >= 4 is 37.6 Å². The highest BCUT2D eigenvalue weighted by Crippen LogP contribution is 2.22. The van der Waals surface area contributed by atoms with E-state index < -0.39 is 0 Å². The molecule has 13 heavy (non-hydrogen) atoms. The lowest BCUT2D eigenvalue weighted by Crippen LogP contribution is -1.98. The fraction of sp³-hybridized carbons (Fsp3) is 0.100. The fourth-order valence-corrected chi connectivity index (χ4v) is 2.11. The Morgan fingerprint density at radius 2 is 2.15 bits per heavy atom. The van der Waals surface area contributed by atoms with Crippen molar-refractivity contribution in [1.82, 2.24) is 0 Å². The minimum absolute atomic E-state index is 0.0306. The van der Waals surface area contributed by atoms with Crippen molar-refractivity contribution in [3.05, 3.63) is 45.4 Å². The molecule has 1 aromatic carbocycles. The summed E-state index contributed by atoms with van der Waals surface area (Å²) in [4.78, 5) is 11.1. The molecule has 1 aromatic rings. The summed E-state index contributed by atoms with van der Waals surface area (Å²) in [5.74, 6) is 0.0306. The van der Waals surface area contributed by atoms with Crippen LogP contribution in [0.15, 0.2) is 39.8 Å². The molecular weight excluding hydrogens is 296 g/mol. The van der Waals surface area contributed by atoms with Gasteiger partial charge in [-0.25, -0.2) is 0 Å². The lowest BCUT2D eigenvalue weighted by molar-refractivity contribution is -0.114. The number of hydrogen-bond donors (Lipinski definition) is 0. The monoisotopic (exact) mass is 302 g/mol. The van der Waals surface area contributed by atoms with Gasteiger partial charge >= 0.3 is 0 Å². The van der Waals surface area contributed by atoms with Crippen LogP contribution in [0.25, 0.3) is 0 Å². The van der Waals surface area contributed by atoms with Gasteiger partial charge in [0.1, 0.15) is 0 Å². The van der Waals surface area contributed by atoms with Crippen molar-refractivity contribution in [3.63, 3.8) is 0 Å². The number of hydrogen-bond acceptors (Lipinski definition) is 1. The van der Waals surface area contributed by atoms with Crippen LogP contribution in [0.3, 0.4) is 0 Å². The molecule has 0 aliphatic rings. The largest absolute Gasteiger partial charge is 0.295 e. The second kappa shape index (κ2) is 4.72. The van der Waals surface area contributed by atoms with Crippen molar-refractivity contribution in [2.24, 2.45) is 0 Å². The maximum Gasteiger partial charge on any atom is 0.159 e. The van der Waals surface area contributed by atoms with Crippen molar-refractivity contribution in [2.45, 2.75) is 6.42 Å². The van der Waals surface area contributed by atoms with Crippen LogP contribution in [-0.2, 0) is 11.2 Å². The third kappa shape index (κ3) is 3.08. The first kappa shape index (κ1) is 10.7. The van der Waals surface area contributed by atoms with E-state index in [1.807, 2.05) is 18.2 Å². The summed E-state index contributed by atoms with van der Waals surface area (Å²) in [6.45, 7) is 3.43. The molecule has 0 saturated heterocycles. The Morgan fingerprint density at radius 1 is 1.46 bits per heavy atom. The molecule has 0 heterocycles. The van der Waals surface area contributed by atoms with Gasteiger partial charge in [-0.2, -0.15) is 0 Å². The molecule has 0 aliphatic heterocycles. The van der Waals surface area contributed by atoms with Gasteiger partial charge in [0.15, 0.2) is 5.78 Å². The van der Waals surface area contributed by atoms with Crippen LogP contribution in [0.4, 0.5) is 0 Å². The van der Waals surface area contributed by atoms with E-state index in [1.165, 1.54) is 6.08 Å². The summed E-state index contributed by atoms with van der Waals surface area (Å²) in [5.41, 5.74) is 0.980. The normalized spacial score (nSPS) is 9.69. The van der Waals surface area contributed by atoms with E-state index in [2.05, 4.69) is 38.4 Å². The van der Waals surface area contributed by atoms with Crippen LogP contribution < -0.4 is 0 Å². The molecule has 0 unspecified atom stereocenters. The van der Waals surface area contributed by atoms with E-state index in [4.69, 9.17) is 0 Å². The first-order valence-corrected chi connectivity index (χ1v) is 5.31. The van der Waals surface area contributed by atoms with Crippen LogP contribution in [0.1, 0.15) is 5.56 Å². The number of ketones is 1. The van der Waals surface area contributed by atoms with Crippen LogP contribution in [0, 0.1) is 0 Å². The summed E-state index contributed by atoms with van der Waals surface area (Å²) < 4.78 is 1.94. The van der Waals surface area contributed by atoms with Gasteiger partial charge in [-0.15, -0.1) is 0 Å². The maximum atomic E-state index is 11.1. The molecule has 0 aliphatic carbocycles. The third-order valence-electron chi connectivity index (χ3n) is 1.61. The van der Waals surface area contributed by atoms with Gasteiger partial charge in [-0.05, 0) is 23.8 Å². The number of rotatable bonds is 3. The molecule has 68 valence electrons. The molecule has 0 bridgehead atoms. The van der Waals surface area contributed by atoms with E-state index in [0.29, 0.717) is 6.42 Å². The van der Waals surface area contributed by atoms with E-state index in [9.17, 15) is 4.79 Å². The Kier molecular flexibility index (Phi) is 3.88. The Morgan fingerprint density at radius 3 is 2.69 bits per heavy atom. The predicted molar refractivity (Wildman–Crippen MR) is 60.8 cm³/mol. The Balaban J connectivity index is 2.89. The van der Waals surface area contributed by atoms with Crippen LogP contribution in [0.2, 0.25) is 0 Å². The SMILES string of the molecule is C=CC(=O)Cc1ccc(Br)cc1Br. The standard InChI is InChI=1S/C10H8Br2O/c1-2-9(13)5-7-3-4-8(11)6-10(7)12/h2-4,6H,1,5H2. The minimum atomic E-state index is 0.0306. The average Bonchev–Trinajstić information content (AvgIpc) is 2.09. The molecule has 0 saturated carbocycles. The molecule has 0 fully saturated rings. The molecule has 1 rings (SSSR count). The quantitative estimate of drug-likeness (QED) is 0.781. The van der Waals surface area contributed by atoms with Gasteiger partial charge in [0.05, 0.1) is 0 Å². The Labute approximate surface area is 94.1 Å². The van der Waals surface area contributed by atoms with E-state index in [0.717, 1.165) is 14.5 Å². The number of benzene rings is 1. The average molecular weight is 304 g/mol. The number of allylic oxidation sites excluding steroid dienone is 1. The van der Waals surface area contributed by atoms with Gasteiger partial charge in [0, 0.05) is 15.4 Å². The zero-order valence-electron chi connectivity index (χ0n) is 6.89. The van der Waals surface area contributed by atoms with E-state index in [1.54, 1.807) is 0 Å². The van der Waals surface area contributed by atoms with Gasteiger partial charge < -0.3 is 0 Å². The topological polar surface area (TPSA) is 17.1 Å². The molecule has 1 nitrogen and oxygen atoms in total. The molecular formula is C10H8Br2O.